The fourth-order valence-electron chi connectivity index (χ4n) is 1.38. The number of aryl methyl sites for hydroxylation is 1. The fraction of sp³-hybridized carbons (Fsp3) is 0.444. The van der Waals surface area contributed by atoms with Gasteiger partial charge in [0.15, 0.2) is 5.65 Å². The molecule has 0 spiro atoms. The molecule has 0 radical (unpaired) electrons. The Kier molecular flexibility index (Phi) is 2.18. The number of nitrogens with zero attached hydrogens (tertiary/aromatic N) is 5. The molecule has 0 aromatic carbocycles. The van der Waals surface area contributed by atoms with Crippen LogP contribution in [0.2, 0.25) is 0 Å². The number of rotatable bonds is 2. The summed E-state index contributed by atoms with van der Waals surface area (Å²) in [6.45, 7) is 1.95. The Labute approximate surface area is 87.9 Å². The van der Waals surface area contributed by atoms with Crippen molar-refractivity contribution < 1.29 is 0 Å². The lowest BCUT2D eigenvalue weighted by molar-refractivity contribution is 0.863. The molecule has 0 saturated carbocycles. The van der Waals surface area contributed by atoms with Gasteiger partial charge < -0.3 is 10.2 Å². The number of hydrogen-bond acceptors (Lipinski definition) is 5. The Morgan fingerprint density at radius 3 is 2.67 bits per heavy atom. The van der Waals surface area contributed by atoms with Crippen LogP contribution in [0, 0.1) is 6.92 Å². The molecule has 2 aromatic rings. The van der Waals surface area contributed by atoms with Gasteiger partial charge >= 0.3 is 0 Å². The first-order valence-corrected chi connectivity index (χ1v) is 4.71. The third-order valence-electron chi connectivity index (χ3n) is 2.06. The summed E-state index contributed by atoms with van der Waals surface area (Å²) in [5.74, 6) is 1.38. The molecule has 0 unspecified atom stereocenters. The molecular formula is C9H14N6. The first-order valence-electron chi connectivity index (χ1n) is 4.71. The van der Waals surface area contributed by atoms with Crippen LogP contribution in [-0.4, -0.2) is 40.7 Å². The van der Waals surface area contributed by atoms with Gasteiger partial charge in [-0.1, -0.05) is 0 Å². The quantitative estimate of drug-likeness (QED) is 0.777. The van der Waals surface area contributed by atoms with E-state index in [0.29, 0.717) is 5.95 Å². The van der Waals surface area contributed by atoms with E-state index in [1.165, 1.54) is 0 Å². The van der Waals surface area contributed by atoms with Crippen molar-refractivity contribution in [1.82, 2.24) is 19.6 Å². The van der Waals surface area contributed by atoms with Crippen LogP contribution in [-0.2, 0) is 0 Å². The van der Waals surface area contributed by atoms with Gasteiger partial charge in [0.05, 0.1) is 0 Å². The molecule has 2 aromatic heterocycles. The van der Waals surface area contributed by atoms with Gasteiger partial charge in [-0.25, -0.2) is 4.98 Å². The second-order valence-electron chi connectivity index (χ2n) is 3.55. The average molecular weight is 206 g/mol. The van der Waals surface area contributed by atoms with Crippen LogP contribution in [0.4, 0.5) is 11.9 Å². The highest BCUT2D eigenvalue weighted by molar-refractivity contribution is 5.50. The molecule has 6 heteroatoms. The molecule has 0 fully saturated rings. The molecule has 6 nitrogen and oxygen atoms in total. The third-order valence-corrected chi connectivity index (χ3v) is 2.06. The van der Waals surface area contributed by atoms with Crippen molar-refractivity contribution in [3.63, 3.8) is 0 Å². The topological polar surface area (TPSA) is 58.4 Å². The van der Waals surface area contributed by atoms with E-state index in [4.69, 9.17) is 0 Å². The zero-order valence-corrected chi connectivity index (χ0v) is 9.31. The van der Waals surface area contributed by atoms with Crippen molar-refractivity contribution in [3.8, 4) is 0 Å². The summed E-state index contributed by atoms with van der Waals surface area (Å²) in [5, 5.41) is 7.20. The first kappa shape index (κ1) is 9.70. The highest BCUT2D eigenvalue weighted by Gasteiger charge is 2.09. The summed E-state index contributed by atoms with van der Waals surface area (Å²) in [4.78, 5) is 10.6. The predicted octanol–water partition coefficient (Wildman–Crippen LogP) is 0.540. The van der Waals surface area contributed by atoms with Crippen LogP contribution in [0.3, 0.4) is 0 Å². The van der Waals surface area contributed by atoms with E-state index in [0.717, 1.165) is 17.3 Å². The van der Waals surface area contributed by atoms with Crippen LogP contribution in [0.5, 0.6) is 0 Å². The van der Waals surface area contributed by atoms with Crippen LogP contribution in [0.25, 0.3) is 5.65 Å². The first-order chi connectivity index (χ1) is 7.11. The van der Waals surface area contributed by atoms with Crippen molar-refractivity contribution >= 4 is 17.5 Å². The lowest BCUT2D eigenvalue weighted by Gasteiger charge is -2.12. The Bertz CT molecular complexity index is 487. The minimum atomic E-state index is 0.602. The van der Waals surface area contributed by atoms with Gasteiger partial charge in [0, 0.05) is 32.9 Å². The molecule has 15 heavy (non-hydrogen) atoms. The van der Waals surface area contributed by atoms with Crippen molar-refractivity contribution in [2.24, 2.45) is 0 Å². The second kappa shape index (κ2) is 3.38. The largest absolute Gasteiger partial charge is 0.356 e. The SMILES string of the molecule is CNc1nc2cc(C)nc(N(C)C)n2n1. The van der Waals surface area contributed by atoms with E-state index in [1.54, 1.807) is 11.6 Å². The van der Waals surface area contributed by atoms with Crippen molar-refractivity contribution in [2.45, 2.75) is 6.92 Å². The lowest BCUT2D eigenvalue weighted by Crippen LogP contribution is -2.16. The molecule has 2 heterocycles. The monoisotopic (exact) mass is 206 g/mol. The van der Waals surface area contributed by atoms with E-state index in [1.807, 2.05) is 32.0 Å². The average Bonchev–Trinajstić information content (AvgIpc) is 2.58. The van der Waals surface area contributed by atoms with E-state index in [2.05, 4.69) is 20.4 Å². The Morgan fingerprint density at radius 1 is 1.33 bits per heavy atom. The van der Waals surface area contributed by atoms with Crippen molar-refractivity contribution in [3.05, 3.63) is 11.8 Å². The molecule has 0 bridgehead atoms. The van der Waals surface area contributed by atoms with Gasteiger partial charge in [0.25, 0.3) is 0 Å². The molecule has 0 aliphatic carbocycles. The summed E-state index contributed by atoms with van der Waals surface area (Å²) < 4.78 is 1.72. The summed E-state index contributed by atoms with van der Waals surface area (Å²) in [6.07, 6.45) is 0. The van der Waals surface area contributed by atoms with Gasteiger partial charge in [-0.2, -0.15) is 9.50 Å². The number of anilines is 2. The van der Waals surface area contributed by atoms with E-state index < -0.39 is 0 Å². The van der Waals surface area contributed by atoms with Crippen molar-refractivity contribution in [1.29, 1.82) is 0 Å². The predicted molar refractivity (Wildman–Crippen MR) is 59.4 cm³/mol. The molecule has 2 rings (SSSR count). The maximum atomic E-state index is 4.41. The van der Waals surface area contributed by atoms with Gasteiger partial charge in [-0.15, -0.1) is 5.10 Å². The second-order valence-corrected chi connectivity index (χ2v) is 3.55. The highest BCUT2D eigenvalue weighted by Crippen LogP contribution is 2.13. The molecule has 0 amide bonds. The normalized spacial score (nSPS) is 10.7. The van der Waals surface area contributed by atoms with Crippen LogP contribution < -0.4 is 10.2 Å². The van der Waals surface area contributed by atoms with Crippen LogP contribution in [0.15, 0.2) is 6.07 Å². The smallest absolute Gasteiger partial charge is 0.242 e. The molecular weight excluding hydrogens is 192 g/mol. The Morgan fingerprint density at radius 2 is 2.07 bits per heavy atom. The summed E-state index contributed by atoms with van der Waals surface area (Å²) in [6, 6.07) is 1.90. The van der Waals surface area contributed by atoms with Crippen LogP contribution >= 0.6 is 0 Å². The third kappa shape index (κ3) is 1.58. The zero-order valence-electron chi connectivity index (χ0n) is 9.31. The van der Waals surface area contributed by atoms with Gasteiger partial charge in [0.1, 0.15) is 0 Å². The molecule has 0 aliphatic heterocycles. The zero-order chi connectivity index (χ0) is 11.0. The minimum Gasteiger partial charge on any atom is -0.356 e. The van der Waals surface area contributed by atoms with Crippen LogP contribution in [0.1, 0.15) is 5.69 Å². The Hall–Kier alpha value is -1.85. The lowest BCUT2D eigenvalue weighted by atomic mass is 10.4. The molecule has 80 valence electrons. The van der Waals surface area contributed by atoms with Crippen molar-refractivity contribution in [2.75, 3.05) is 31.4 Å². The standard InChI is InChI=1S/C9H14N6/c1-6-5-7-12-8(10-2)13-15(7)9(11-6)14(3)4/h5H,1-4H3,(H,10,13). The summed E-state index contributed by atoms with van der Waals surface area (Å²) in [5.41, 5.74) is 1.73. The number of nitrogens with one attached hydrogen (secondary N) is 1. The summed E-state index contributed by atoms with van der Waals surface area (Å²) >= 11 is 0. The van der Waals surface area contributed by atoms with E-state index in [-0.39, 0.29) is 0 Å². The maximum Gasteiger partial charge on any atom is 0.242 e. The van der Waals surface area contributed by atoms with Gasteiger partial charge in [0.2, 0.25) is 11.9 Å². The Balaban J connectivity index is 2.72. The van der Waals surface area contributed by atoms with E-state index >= 15 is 0 Å². The fourth-order valence-corrected chi connectivity index (χ4v) is 1.38. The molecule has 1 N–H and O–H groups in total. The maximum absolute atomic E-state index is 4.41. The van der Waals surface area contributed by atoms with E-state index in [9.17, 15) is 0 Å². The number of hydrogen-bond donors (Lipinski definition) is 1. The molecule has 0 saturated heterocycles. The minimum absolute atomic E-state index is 0.602. The molecule has 0 atom stereocenters. The highest BCUT2D eigenvalue weighted by atomic mass is 15.4. The summed E-state index contributed by atoms with van der Waals surface area (Å²) in [7, 11) is 5.66. The number of fused-ring (bicyclic) bond motifs is 1. The van der Waals surface area contributed by atoms with Gasteiger partial charge in [-0.3, -0.25) is 0 Å². The number of aromatic nitrogens is 4. The molecule has 0 aliphatic rings. The van der Waals surface area contributed by atoms with Gasteiger partial charge in [-0.05, 0) is 6.92 Å².